The van der Waals surface area contributed by atoms with Gasteiger partial charge in [-0.3, -0.25) is 33.8 Å². The Morgan fingerprint density at radius 2 is 1.70 bits per heavy atom. The fraction of sp³-hybridized carbons (Fsp3) is 0.424. The summed E-state index contributed by atoms with van der Waals surface area (Å²) in [6.45, 7) is 11.3. The number of benzene rings is 3. The number of amides is 3. The molecule has 8 rings (SSSR count). The molecule has 3 aliphatic heterocycles. The molecule has 3 amide bonds. The zero-order chi connectivity index (χ0) is 59.1. The number of anilines is 1. The van der Waals surface area contributed by atoms with Crippen molar-refractivity contribution in [2.75, 3.05) is 70.4 Å². The number of unbranched alkanes of at least 4 members (excludes halogenated alkanes) is 1. The molecule has 1 saturated heterocycles. The van der Waals surface area contributed by atoms with Crippen LogP contribution in [0.3, 0.4) is 0 Å². The van der Waals surface area contributed by atoms with Crippen molar-refractivity contribution in [3.05, 3.63) is 147 Å². The molecule has 3 aromatic carbocycles. The number of methoxy groups -OCH3 is 1. The van der Waals surface area contributed by atoms with E-state index in [2.05, 4.69) is 75.6 Å². The lowest BCUT2D eigenvalue weighted by Crippen LogP contribution is -2.55. The first-order valence-electron chi connectivity index (χ1n) is 27.3. The number of nitro groups is 1. The van der Waals surface area contributed by atoms with Crippen molar-refractivity contribution in [2.24, 2.45) is 0 Å². The van der Waals surface area contributed by atoms with E-state index in [0.717, 1.165) is 44.7 Å². The first-order valence-corrected chi connectivity index (χ1v) is 31.2. The molecule has 4 aliphatic rings. The van der Waals surface area contributed by atoms with Crippen LogP contribution in [0.1, 0.15) is 89.5 Å². The van der Waals surface area contributed by atoms with E-state index in [9.17, 15) is 42.3 Å². The molecule has 0 spiro atoms. The van der Waals surface area contributed by atoms with Crippen LogP contribution in [0.4, 0.5) is 17.1 Å². The molecule has 20 nitrogen and oxygen atoms in total. The number of pyridine rings is 1. The van der Waals surface area contributed by atoms with E-state index >= 15 is 0 Å². The summed E-state index contributed by atoms with van der Waals surface area (Å²) in [5.74, 6) is -1.89. The number of hydrogen-bond acceptors (Lipinski definition) is 16. The lowest BCUT2D eigenvalue weighted by molar-refractivity contribution is -0.401. The van der Waals surface area contributed by atoms with Gasteiger partial charge < -0.3 is 40.5 Å². The van der Waals surface area contributed by atoms with Gasteiger partial charge >= 0.3 is 0 Å². The Labute approximate surface area is 486 Å². The van der Waals surface area contributed by atoms with Crippen molar-refractivity contribution >= 4 is 78.0 Å². The first-order chi connectivity index (χ1) is 39.0. The Balaban J connectivity index is 0.864. The van der Waals surface area contributed by atoms with Crippen LogP contribution in [0.25, 0.3) is 0 Å². The number of rotatable bonds is 26. The summed E-state index contributed by atoms with van der Waals surface area (Å²) in [6, 6.07) is 21.8. The number of Topliss-reactive ketones (excluding diaryl/α,β-unsaturated/α-hetero) is 1. The standard InChI is InChI=1S/C59H71N9O11S3/c1-37(60-28-31-80-81-53-24-14-16-25-62-53)38-32-48(78-8)49(35-47(38)68(73)74)79-30-27-61-52(69)23-13-15-26-63-56(71)43(36-82(75,76)77)64-57(72)46-22-17-29-67(46)54-39(33-50-58(2,3)41-18-9-11-20-44(41)65(50)6)55(70)40(54)34-51-59(4,5)42-19-10-12-21-45(42)66(51)7/h9-12,14,16,18-21,24-25,32-35,37,43,46,60H,13,15,17,22-23,26-31,36H2,1-8H3,(H3-,61,63,64,69,71,72,75,76,77)/p+1/t37?,43?,46-/m1/s1. The molecule has 5 N–H and O–H groups in total. The molecule has 436 valence electrons. The van der Waals surface area contributed by atoms with Crippen LogP contribution in [-0.2, 0) is 40.1 Å². The molecular weight excluding hydrogens is 1110 g/mol. The number of aromatic nitrogens is 1. The summed E-state index contributed by atoms with van der Waals surface area (Å²) in [5.41, 5.74) is 6.86. The second-order valence-electron chi connectivity index (χ2n) is 21.6. The Bertz CT molecular complexity index is 3360. The van der Waals surface area contributed by atoms with Crippen LogP contribution in [0, 0.1) is 10.1 Å². The molecule has 82 heavy (non-hydrogen) atoms. The highest BCUT2D eigenvalue weighted by Crippen LogP contribution is 2.50. The third-order valence-corrected chi connectivity index (χ3v) is 18.5. The zero-order valence-electron chi connectivity index (χ0n) is 47.4. The maximum absolute atomic E-state index is 14.7. The predicted octanol–water partition coefficient (Wildman–Crippen LogP) is 7.49. The van der Waals surface area contributed by atoms with Crippen LogP contribution in [0.5, 0.6) is 11.5 Å². The number of fused-ring (bicyclic) bond motifs is 2. The molecule has 1 aliphatic carbocycles. The maximum Gasteiger partial charge on any atom is 0.278 e. The first kappa shape index (κ1) is 61.0. The lowest BCUT2D eigenvalue weighted by Gasteiger charge is -2.37. The Hall–Kier alpha value is -7.05. The number of nitro benzene ring substituents is 1. The average molecular weight is 1180 g/mol. The summed E-state index contributed by atoms with van der Waals surface area (Å²) in [6.07, 6.45) is 7.18. The number of likely N-dealkylation sites (tertiary alicyclic amines) is 1. The summed E-state index contributed by atoms with van der Waals surface area (Å²) >= 11 is 0. The van der Waals surface area contributed by atoms with Gasteiger partial charge in [-0.2, -0.15) is 13.0 Å². The van der Waals surface area contributed by atoms with Gasteiger partial charge in [0.25, 0.3) is 15.8 Å². The molecule has 1 fully saturated rings. The minimum atomic E-state index is -4.77. The van der Waals surface area contributed by atoms with E-state index in [0.29, 0.717) is 66.9 Å². The normalized spacial score (nSPS) is 18.7. The van der Waals surface area contributed by atoms with Crippen LogP contribution >= 0.6 is 21.6 Å². The van der Waals surface area contributed by atoms with E-state index in [1.165, 1.54) is 13.2 Å². The van der Waals surface area contributed by atoms with E-state index in [4.69, 9.17) is 9.47 Å². The predicted molar refractivity (Wildman–Crippen MR) is 318 cm³/mol. The van der Waals surface area contributed by atoms with Crippen LogP contribution < -0.4 is 35.6 Å². The van der Waals surface area contributed by atoms with Crippen molar-refractivity contribution in [2.45, 2.75) is 101 Å². The van der Waals surface area contributed by atoms with Gasteiger partial charge in [-0.25, -0.2) is 4.98 Å². The maximum atomic E-state index is 14.7. The number of nitrogens with zero attached hydrogens (tertiary/aromatic N) is 5. The summed E-state index contributed by atoms with van der Waals surface area (Å²) in [5, 5.41) is 24.4. The van der Waals surface area contributed by atoms with Crippen molar-refractivity contribution in [3.8, 4) is 11.5 Å². The number of carbonyl (C=O) groups excluding carboxylic acids is 4. The number of carbonyl (C=O) groups is 4. The molecule has 4 aromatic rings. The van der Waals surface area contributed by atoms with E-state index < -0.39 is 55.5 Å². The second kappa shape index (κ2) is 26.0. The SMILES string of the molecule is COc1cc(C(C)NCCSSc2ccccn2)c([N+](=O)[O-])cc1OCCNC(=O)CCCCNC(=O)C(CS(=O)(=O)O)NC(=O)[C@H]1CCCN1C1=C(C=C2N(C)c3ccccc3C2(C)C)C(=O)C1=CC1=[N+](C)c2ccccc2C1(C)C. The van der Waals surface area contributed by atoms with E-state index in [-0.39, 0.29) is 55.3 Å². The Kier molecular flexibility index (Phi) is 19.4. The van der Waals surface area contributed by atoms with Crippen molar-refractivity contribution in [3.63, 3.8) is 0 Å². The van der Waals surface area contributed by atoms with Gasteiger partial charge in [0.15, 0.2) is 23.0 Å². The molecule has 23 heteroatoms. The van der Waals surface area contributed by atoms with Gasteiger partial charge in [-0.05, 0) is 93.2 Å². The zero-order valence-corrected chi connectivity index (χ0v) is 49.9. The fourth-order valence-corrected chi connectivity index (χ4v) is 13.7. The number of para-hydroxylation sites is 2. The summed E-state index contributed by atoms with van der Waals surface area (Å²) < 4.78 is 48.1. The highest BCUT2D eigenvalue weighted by Gasteiger charge is 2.49. The molecule has 3 atom stereocenters. The highest BCUT2D eigenvalue weighted by molar-refractivity contribution is 8.76. The molecule has 2 unspecified atom stereocenters. The molecule has 0 radical (unpaired) electrons. The average Bonchev–Trinajstić information content (AvgIpc) is 4.13. The Morgan fingerprint density at radius 1 is 0.963 bits per heavy atom. The number of nitrogens with one attached hydrogen (secondary N) is 4. The van der Waals surface area contributed by atoms with Crippen LogP contribution in [0.15, 0.2) is 125 Å². The minimum absolute atomic E-state index is 0.0181. The lowest BCUT2D eigenvalue weighted by atomic mass is 9.76. The monoisotopic (exact) mass is 1180 g/mol. The van der Waals surface area contributed by atoms with Crippen molar-refractivity contribution in [1.29, 1.82) is 0 Å². The number of ketones is 1. The van der Waals surface area contributed by atoms with E-state index in [1.807, 2.05) is 92.7 Å². The fourth-order valence-electron chi connectivity index (χ4n) is 11.2. The topological polar surface area (TPSA) is 255 Å². The molecule has 1 aromatic heterocycles. The van der Waals surface area contributed by atoms with Gasteiger partial charge in [0, 0.05) is 91.2 Å². The molecular formula is C59H72N9O11S3+. The molecule has 0 bridgehead atoms. The second-order valence-corrected chi connectivity index (χ2v) is 25.6. The molecule has 4 heterocycles. The minimum Gasteiger partial charge on any atom is -0.493 e. The van der Waals surface area contributed by atoms with Crippen molar-refractivity contribution < 1.29 is 51.1 Å². The summed E-state index contributed by atoms with van der Waals surface area (Å²) in [7, 11) is 3.77. The number of likely N-dealkylation sites (N-methyl/N-ethyl adjacent to an activating group) is 1. The van der Waals surface area contributed by atoms with Gasteiger partial charge in [-0.15, -0.1) is 0 Å². The number of hydrogen-bond donors (Lipinski definition) is 5. The summed E-state index contributed by atoms with van der Waals surface area (Å²) in [4.78, 5) is 75.5. The third kappa shape index (κ3) is 13.5. The largest absolute Gasteiger partial charge is 0.493 e. The number of ether oxygens (including phenoxy) is 2. The van der Waals surface area contributed by atoms with E-state index in [1.54, 1.807) is 33.9 Å². The van der Waals surface area contributed by atoms with Gasteiger partial charge in [0.05, 0.1) is 46.9 Å². The third-order valence-electron chi connectivity index (χ3n) is 15.5. The van der Waals surface area contributed by atoms with Crippen LogP contribution in [-0.4, -0.2) is 139 Å². The molecule has 0 saturated carbocycles. The van der Waals surface area contributed by atoms with Gasteiger partial charge in [0.1, 0.15) is 36.5 Å². The quantitative estimate of drug-likeness (QED) is 0.00776. The van der Waals surface area contributed by atoms with Gasteiger partial charge in [0.2, 0.25) is 23.4 Å². The van der Waals surface area contributed by atoms with Gasteiger partial charge in [-0.1, -0.05) is 67.1 Å². The van der Waals surface area contributed by atoms with Crippen LogP contribution in [0.2, 0.25) is 0 Å². The number of allylic oxidation sites excluding steroid dienone is 5. The highest BCUT2D eigenvalue weighted by atomic mass is 33.1. The van der Waals surface area contributed by atoms with Crippen molar-refractivity contribution in [1.82, 2.24) is 31.2 Å². The Morgan fingerprint density at radius 3 is 2.39 bits per heavy atom. The smallest absolute Gasteiger partial charge is 0.278 e.